The molecule has 0 radical (unpaired) electrons. The normalized spacial score (nSPS) is 13.8. The van der Waals surface area contributed by atoms with Crippen molar-refractivity contribution in [3.63, 3.8) is 0 Å². The third-order valence-electron chi connectivity index (χ3n) is 4.66. The Balaban J connectivity index is 1.76. The van der Waals surface area contributed by atoms with E-state index in [4.69, 9.17) is 9.15 Å². The third-order valence-corrected chi connectivity index (χ3v) is 6.03. The van der Waals surface area contributed by atoms with Gasteiger partial charge < -0.3 is 9.15 Å². The van der Waals surface area contributed by atoms with Crippen molar-refractivity contribution in [3.05, 3.63) is 66.7 Å². The second-order valence-electron chi connectivity index (χ2n) is 7.38. The minimum absolute atomic E-state index is 0.0599. The lowest BCUT2D eigenvalue weighted by molar-refractivity contribution is -0.223. The second kappa shape index (κ2) is 8.60. The highest BCUT2D eigenvalue weighted by molar-refractivity contribution is 7.99. The number of benzene rings is 2. The second-order valence-corrected chi connectivity index (χ2v) is 8.43. The van der Waals surface area contributed by atoms with E-state index < -0.39 is 24.2 Å². The van der Waals surface area contributed by atoms with E-state index in [0.717, 1.165) is 29.6 Å². The van der Waals surface area contributed by atoms with Crippen LogP contribution >= 0.6 is 11.8 Å². The smallest absolute Gasteiger partial charge is 0.398 e. The molecule has 3 aromatic rings. The highest BCUT2D eigenvalue weighted by Crippen LogP contribution is 2.43. The van der Waals surface area contributed by atoms with E-state index in [1.54, 1.807) is 12.1 Å². The van der Waals surface area contributed by atoms with Gasteiger partial charge in [-0.25, -0.2) is 4.79 Å². The van der Waals surface area contributed by atoms with Gasteiger partial charge in [-0.3, -0.25) is 0 Å². The van der Waals surface area contributed by atoms with Crippen molar-refractivity contribution in [2.45, 2.75) is 24.9 Å². The molecular formula is C23H21F3O3S. The molecule has 0 aliphatic rings. The molecule has 3 rings (SSSR count). The van der Waals surface area contributed by atoms with Gasteiger partial charge in [-0.1, -0.05) is 36.9 Å². The van der Waals surface area contributed by atoms with Gasteiger partial charge in [0.05, 0.1) is 0 Å². The van der Waals surface area contributed by atoms with Crippen LogP contribution in [0, 0.1) is 5.41 Å². The van der Waals surface area contributed by atoms with Gasteiger partial charge in [0.2, 0.25) is 0 Å². The zero-order chi connectivity index (χ0) is 21.9. The number of carbonyl (C=O) groups is 1. The van der Waals surface area contributed by atoms with Crippen LogP contribution < -0.4 is 0 Å². The largest absolute Gasteiger partial charge is 0.461 e. The molecule has 7 heteroatoms. The van der Waals surface area contributed by atoms with Gasteiger partial charge in [0.15, 0.2) is 0 Å². The van der Waals surface area contributed by atoms with E-state index in [1.165, 1.54) is 6.92 Å². The van der Waals surface area contributed by atoms with Crippen LogP contribution in [0.4, 0.5) is 13.2 Å². The number of furan rings is 1. The molecule has 1 unspecified atom stereocenters. The summed E-state index contributed by atoms with van der Waals surface area (Å²) < 4.78 is 51.7. The van der Waals surface area contributed by atoms with Crippen molar-refractivity contribution in [1.29, 1.82) is 0 Å². The van der Waals surface area contributed by atoms with Crippen molar-refractivity contribution < 1.29 is 27.1 Å². The average molecular weight is 434 g/mol. The lowest BCUT2D eigenvalue weighted by Crippen LogP contribution is -2.42. The summed E-state index contributed by atoms with van der Waals surface area (Å²) in [4.78, 5) is 12.2. The maximum Gasteiger partial charge on any atom is 0.398 e. The number of carbonyl (C=O) groups excluding carboxylic acids is 1. The lowest BCUT2D eigenvalue weighted by Gasteiger charge is -2.31. The van der Waals surface area contributed by atoms with Gasteiger partial charge in [0.25, 0.3) is 0 Å². The number of alkyl halides is 3. The molecule has 0 fully saturated rings. The number of hydrogen-bond acceptors (Lipinski definition) is 4. The minimum atomic E-state index is -4.54. The molecule has 30 heavy (non-hydrogen) atoms. The van der Waals surface area contributed by atoms with Crippen LogP contribution in [0.1, 0.15) is 13.8 Å². The van der Waals surface area contributed by atoms with E-state index in [9.17, 15) is 18.0 Å². The molecule has 0 saturated carbocycles. The molecule has 0 spiro atoms. The standard InChI is InChI=1S/C23H21F3O3S/c1-15(2)21(27)28-13-22(3,23(24,25)26)14-30-18-10-9-17-11-19(29-20(17)12-18)16-7-5-4-6-8-16/h4-12H,1,13-14H2,2-3H3. The molecule has 0 aliphatic heterocycles. The first-order valence-corrected chi connectivity index (χ1v) is 10.2. The Kier molecular flexibility index (Phi) is 6.31. The van der Waals surface area contributed by atoms with Crippen molar-refractivity contribution in [1.82, 2.24) is 0 Å². The van der Waals surface area contributed by atoms with Crippen LogP contribution in [0.5, 0.6) is 0 Å². The molecule has 2 aromatic carbocycles. The van der Waals surface area contributed by atoms with Gasteiger partial charge in [-0.05, 0) is 38.1 Å². The summed E-state index contributed by atoms with van der Waals surface area (Å²) in [6, 6.07) is 16.8. The van der Waals surface area contributed by atoms with Gasteiger partial charge in [0, 0.05) is 27.2 Å². The van der Waals surface area contributed by atoms with E-state index in [2.05, 4.69) is 6.58 Å². The molecule has 1 aromatic heterocycles. The highest BCUT2D eigenvalue weighted by atomic mass is 32.2. The molecule has 1 heterocycles. The van der Waals surface area contributed by atoms with Crippen molar-refractivity contribution >= 4 is 28.7 Å². The van der Waals surface area contributed by atoms with Gasteiger partial charge in [-0.15, -0.1) is 11.8 Å². The summed E-state index contributed by atoms with van der Waals surface area (Å²) in [6.07, 6.45) is -4.54. The average Bonchev–Trinajstić information content (AvgIpc) is 3.13. The van der Waals surface area contributed by atoms with Crippen LogP contribution in [0.15, 0.2) is 76.1 Å². The minimum Gasteiger partial charge on any atom is -0.461 e. The van der Waals surface area contributed by atoms with E-state index in [-0.39, 0.29) is 11.3 Å². The predicted octanol–water partition coefficient (Wildman–Crippen LogP) is 6.88. The van der Waals surface area contributed by atoms with Crippen molar-refractivity contribution in [2.75, 3.05) is 12.4 Å². The Bertz CT molecular complexity index is 1060. The topological polar surface area (TPSA) is 39.4 Å². The fourth-order valence-electron chi connectivity index (χ4n) is 2.64. The number of halogens is 3. The third kappa shape index (κ3) is 4.90. The Hall–Kier alpha value is -2.67. The van der Waals surface area contributed by atoms with Crippen molar-refractivity contribution in [2.24, 2.45) is 5.41 Å². The Morgan fingerprint density at radius 1 is 1.13 bits per heavy atom. The number of ether oxygens (including phenoxy) is 1. The van der Waals surface area contributed by atoms with Crippen LogP contribution in [0.25, 0.3) is 22.3 Å². The summed E-state index contributed by atoms with van der Waals surface area (Å²) in [5.74, 6) is -0.446. The van der Waals surface area contributed by atoms with Crippen LogP contribution in [-0.2, 0) is 9.53 Å². The molecular weight excluding hydrogens is 413 g/mol. The Labute approximate surface area is 176 Å². The van der Waals surface area contributed by atoms with Crippen LogP contribution in [0.2, 0.25) is 0 Å². The van der Waals surface area contributed by atoms with Crippen LogP contribution in [0.3, 0.4) is 0 Å². The number of thioether (sulfide) groups is 1. The number of fused-ring (bicyclic) bond motifs is 1. The SMILES string of the molecule is C=C(C)C(=O)OCC(C)(CSc1ccc2cc(-c3ccccc3)oc2c1)C(F)(F)F. The maximum absolute atomic E-state index is 13.7. The molecule has 0 saturated heterocycles. The summed E-state index contributed by atoms with van der Waals surface area (Å²) in [6.45, 7) is 5.06. The zero-order valence-corrected chi connectivity index (χ0v) is 17.4. The predicted molar refractivity (Wildman–Crippen MR) is 112 cm³/mol. The maximum atomic E-state index is 13.7. The lowest BCUT2D eigenvalue weighted by atomic mass is 9.94. The summed E-state index contributed by atoms with van der Waals surface area (Å²) in [5.41, 5.74) is -0.617. The Morgan fingerprint density at radius 3 is 2.47 bits per heavy atom. The van der Waals surface area contributed by atoms with E-state index in [0.29, 0.717) is 16.2 Å². The number of rotatable bonds is 7. The quantitative estimate of drug-likeness (QED) is 0.231. The monoisotopic (exact) mass is 434 g/mol. The van der Waals surface area contributed by atoms with E-state index in [1.807, 2.05) is 42.5 Å². The first-order valence-electron chi connectivity index (χ1n) is 9.20. The molecule has 0 aliphatic carbocycles. The summed E-state index contributed by atoms with van der Waals surface area (Å²) in [5, 5.41) is 0.868. The molecule has 0 amide bonds. The molecule has 1 atom stereocenters. The fourth-order valence-corrected chi connectivity index (χ4v) is 3.73. The Morgan fingerprint density at radius 2 is 1.83 bits per heavy atom. The fraction of sp³-hybridized carbons (Fsp3) is 0.261. The first kappa shape index (κ1) is 22.0. The van der Waals surface area contributed by atoms with Gasteiger partial charge in [-0.2, -0.15) is 13.2 Å². The molecule has 0 bridgehead atoms. The summed E-state index contributed by atoms with van der Waals surface area (Å²) >= 11 is 1.04. The van der Waals surface area contributed by atoms with Crippen molar-refractivity contribution in [3.8, 4) is 11.3 Å². The summed E-state index contributed by atoms with van der Waals surface area (Å²) in [7, 11) is 0. The van der Waals surface area contributed by atoms with E-state index >= 15 is 0 Å². The molecule has 0 N–H and O–H groups in total. The van der Waals surface area contributed by atoms with Crippen LogP contribution in [-0.4, -0.2) is 24.5 Å². The molecule has 158 valence electrons. The molecule has 3 nitrogen and oxygen atoms in total. The first-order chi connectivity index (χ1) is 14.1. The van der Waals surface area contributed by atoms with Gasteiger partial charge >= 0.3 is 12.1 Å². The number of hydrogen-bond donors (Lipinski definition) is 0. The number of esters is 1. The van der Waals surface area contributed by atoms with Gasteiger partial charge in [0.1, 0.15) is 23.4 Å². The zero-order valence-electron chi connectivity index (χ0n) is 16.6. The highest BCUT2D eigenvalue weighted by Gasteiger charge is 2.52.